The van der Waals surface area contributed by atoms with E-state index in [0.29, 0.717) is 10.5 Å². The van der Waals surface area contributed by atoms with Gasteiger partial charge >= 0.3 is 12.1 Å². The van der Waals surface area contributed by atoms with Gasteiger partial charge in [0.2, 0.25) is 0 Å². The van der Waals surface area contributed by atoms with E-state index in [1.807, 2.05) is 30.3 Å². The lowest BCUT2D eigenvalue weighted by Gasteiger charge is -2.37. The molecule has 0 N–H and O–H groups in total. The number of thioether (sulfide) groups is 1. The fourth-order valence-corrected chi connectivity index (χ4v) is 4.60. The van der Waals surface area contributed by atoms with Crippen molar-refractivity contribution in [2.75, 3.05) is 0 Å². The number of carbonyl (C=O) groups is 1. The van der Waals surface area contributed by atoms with E-state index in [1.54, 1.807) is 48.5 Å². The highest BCUT2D eigenvalue weighted by Crippen LogP contribution is 2.53. The number of benzene rings is 3. The third-order valence-corrected chi connectivity index (χ3v) is 5.87. The highest BCUT2D eigenvalue weighted by atomic mass is 32.2. The summed E-state index contributed by atoms with van der Waals surface area (Å²) >= 11 is 0.927. The molecule has 0 saturated heterocycles. The van der Waals surface area contributed by atoms with Gasteiger partial charge in [-0.15, -0.1) is 0 Å². The van der Waals surface area contributed by atoms with Gasteiger partial charge in [0, 0.05) is 10.5 Å². The molecule has 0 radical (unpaired) electrons. The van der Waals surface area contributed by atoms with E-state index in [-0.39, 0.29) is 5.56 Å². The summed E-state index contributed by atoms with van der Waals surface area (Å²) < 4.78 is 45.7. The van der Waals surface area contributed by atoms with Crippen molar-refractivity contribution in [2.45, 2.75) is 22.4 Å². The monoisotopic (exact) mass is 400 g/mol. The molecular formula is C22H15F3O2S. The molecule has 1 aliphatic heterocycles. The maximum atomic E-state index is 13.4. The van der Waals surface area contributed by atoms with Gasteiger partial charge in [-0.1, -0.05) is 78.5 Å². The summed E-state index contributed by atoms with van der Waals surface area (Å²) in [5.74, 6) is -0.745. The smallest absolute Gasteiger partial charge is 0.394 e. The minimum Gasteiger partial charge on any atom is -0.439 e. The number of carbonyl (C=O) groups excluding carboxylic acids is 1. The van der Waals surface area contributed by atoms with E-state index in [4.69, 9.17) is 4.74 Å². The molecule has 0 aliphatic carbocycles. The summed E-state index contributed by atoms with van der Waals surface area (Å²) in [5, 5.41) is 0. The Morgan fingerprint density at radius 1 is 0.821 bits per heavy atom. The Hall–Kier alpha value is -2.73. The van der Waals surface area contributed by atoms with Crippen LogP contribution in [0.3, 0.4) is 0 Å². The van der Waals surface area contributed by atoms with Gasteiger partial charge in [0.05, 0.1) is 12.0 Å². The first-order chi connectivity index (χ1) is 13.4. The predicted octanol–water partition coefficient (Wildman–Crippen LogP) is 6.42. The van der Waals surface area contributed by atoms with Crippen LogP contribution in [0.15, 0.2) is 83.8 Å². The number of alkyl halides is 3. The van der Waals surface area contributed by atoms with E-state index in [2.05, 4.69) is 0 Å². The third kappa shape index (κ3) is 3.64. The molecule has 1 heterocycles. The van der Waals surface area contributed by atoms with Crippen LogP contribution in [0, 0.1) is 0 Å². The number of fused-ring (bicyclic) bond motifs is 1. The number of ether oxygens (including phenoxy) is 1. The maximum absolute atomic E-state index is 13.4. The Labute approximate surface area is 164 Å². The van der Waals surface area contributed by atoms with Crippen molar-refractivity contribution in [2.24, 2.45) is 0 Å². The van der Waals surface area contributed by atoms with Crippen LogP contribution in [-0.4, -0.2) is 12.1 Å². The number of hydrogen-bond donors (Lipinski definition) is 0. The quantitative estimate of drug-likeness (QED) is 0.475. The van der Waals surface area contributed by atoms with Crippen molar-refractivity contribution in [1.82, 2.24) is 0 Å². The molecule has 1 unspecified atom stereocenters. The fourth-order valence-electron chi connectivity index (χ4n) is 3.23. The maximum Gasteiger partial charge on any atom is 0.394 e. The number of hydrogen-bond acceptors (Lipinski definition) is 3. The molecule has 0 spiro atoms. The molecule has 0 fully saturated rings. The van der Waals surface area contributed by atoms with Crippen molar-refractivity contribution >= 4 is 17.7 Å². The van der Waals surface area contributed by atoms with Crippen molar-refractivity contribution in [3.8, 4) is 11.1 Å². The first kappa shape index (κ1) is 18.6. The standard InChI is InChI=1S/C22H15F3O2S/c23-22(24,25)14-21(27-20(26)18-8-4-5-9-19(18)28-21)17-12-10-16(11-13-17)15-6-2-1-3-7-15/h1-13H,14H2. The highest BCUT2D eigenvalue weighted by Gasteiger charge is 2.50. The molecular weight excluding hydrogens is 385 g/mol. The topological polar surface area (TPSA) is 26.3 Å². The van der Waals surface area contributed by atoms with Crippen LogP contribution in [0.5, 0.6) is 0 Å². The lowest BCUT2D eigenvalue weighted by Crippen LogP contribution is -2.37. The summed E-state index contributed by atoms with van der Waals surface area (Å²) in [4.78, 5) is 11.1. The van der Waals surface area contributed by atoms with Gasteiger partial charge in [0.15, 0.2) is 4.93 Å². The number of esters is 1. The largest absolute Gasteiger partial charge is 0.439 e. The van der Waals surface area contributed by atoms with Crippen molar-refractivity contribution in [3.63, 3.8) is 0 Å². The normalized spacial score (nSPS) is 19.0. The van der Waals surface area contributed by atoms with E-state index < -0.39 is 23.5 Å². The Bertz CT molecular complexity index is 1000. The van der Waals surface area contributed by atoms with Crippen molar-refractivity contribution in [1.29, 1.82) is 0 Å². The lowest BCUT2D eigenvalue weighted by molar-refractivity contribution is -0.161. The molecule has 3 aromatic carbocycles. The Kier molecular flexibility index (Phi) is 4.67. The van der Waals surface area contributed by atoms with Crippen LogP contribution in [0.1, 0.15) is 22.3 Å². The van der Waals surface area contributed by atoms with Crippen LogP contribution in [0.4, 0.5) is 13.2 Å². The summed E-state index contributed by atoms with van der Waals surface area (Å²) in [6.07, 6.45) is -5.77. The Morgan fingerprint density at radius 3 is 2.11 bits per heavy atom. The minimum atomic E-state index is -4.50. The van der Waals surface area contributed by atoms with Gasteiger partial charge in [-0.3, -0.25) is 0 Å². The second-order valence-corrected chi connectivity index (χ2v) is 7.78. The molecule has 2 nitrogen and oxygen atoms in total. The van der Waals surface area contributed by atoms with Gasteiger partial charge in [-0.2, -0.15) is 13.2 Å². The molecule has 0 aromatic heterocycles. The van der Waals surface area contributed by atoms with Crippen molar-refractivity contribution < 1.29 is 22.7 Å². The summed E-state index contributed by atoms with van der Waals surface area (Å²) in [6.45, 7) is 0. The van der Waals surface area contributed by atoms with E-state index in [9.17, 15) is 18.0 Å². The zero-order valence-electron chi connectivity index (χ0n) is 14.6. The average Bonchev–Trinajstić information content (AvgIpc) is 2.67. The molecule has 3 aromatic rings. The van der Waals surface area contributed by atoms with Crippen LogP contribution < -0.4 is 0 Å². The van der Waals surface area contributed by atoms with Gasteiger partial charge < -0.3 is 4.74 Å². The molecule has 142 valence electrons. The second kappa shape index (κ2) is 7.02. The predicted molar refractivity (Wildman–Crippen MR) is 102 cm³/mol. The Morgan fingerprint density at radius 2 is 1.43 bits per heavy atom. The number of halogens is 3. The molecule has 1 atom stereocenters. The lowest BCUT2D eigenvalue weighted by atomic mass is 9.99. The summed E-state index contributed by atoms with van der Waals surface area (Å²) in [6, 6.07) is 22.8. The SMILES string of the molecule is O=C1OC(CC(F)(F)F)(c2ccc(-c3ccccc3)cc2)Sc2ccccc21. The minimum absolute atomic E-state index is 0.284. The first-order valence-corrected chi connectivity index (χ1v) is 9.42. The molecule has 0 saturated carbocycles. The van der Waals surface area contributed by atoms with Gasteiger partial charge in [0.1, 0.15) is 0 Å². The molecule has 6 heteroatoms. The van der Waals surface area contributed by atoms with E-state index >= 15 is 0 Å². The molecule has 4 rings (SSSR count). The molecule has 0 amide bonds. The van der Waals surface area contributed by atoms with Crippen LogP contribution in [0.25, 0.3) is 11.1 Å². The highest BCUT2D eigenvalue weighted by molar-refractivity contribution is 8.00. The van der Waals surface area contributed by atoms with Crippen LogP contribution in [0.2, 0.25) is 0 Å². The molecule has 0 bridgehead atoms. The van der Waals surface area contributed by atoms with Crippen LogP contribution >= 0.6 is 11.8 Å². The van der Waals surface area contributed by atoms with E-state index in [1.165, 1.54) is 0 Å². The second-order valence-electron chi connectivity index (χ2n) is 6.48. The average molecular weight is 400 g/mol. The zero-order chi connectivity index (χ0) is 19.8. The molecule has 1 aliphatic rings. The van der Waals surface area contributed by atoms with Gasteiger partial charge in [-0.25, -0.2) is 4.79 Å². The van der Waals surface area contributed by atoms with Gasteiger partial charge in [-0.05, 0) is 23.3 Å². The number of cyclic esters (lactones) is 1. The van der Waals surface area contributed by atoms with E-state index in [0.717, 1.165) is 22.9 Å². The molecule has 28 heavy (non-hydrogen) atoms. The Balaban J connectivity index is 1.76. The zero-order valence-corrected chi connectivity index (χ0v) is 15.4. The van der Waals surface area contributed by atoms with Crippen molar-refractivity contribution in [3.05, 3.63) is 90.0 Å². The fraction of sp³-hybridized carbons (Fsp3) is 0.136. The van der Waals surface area contributed by atoms with Crippen LogP contribution in [-0.2, 0) is 9.67 Å². The number of rotatable bonds is 3. The first-order valence-electron chi connectivity index (χ1n) is 8.60. The van der Waals surface area contributed by atoms with Gasteiger partial charge in [0.25, 0.3) is 0 Å². The summed E-state index contributed by atoms with van der Waals surface area (Å²) in [7, 11) is 0. The summed E-state index contributed by atoms with van der Waals surface area (Å²) in [5.41, 5.74) is 2.42. The third-order valence-electron chi connectivity index (χ3n) is 4.50.